The molecule has 2 rings (SSSR count). The van der Waals surface area contributed by atoms with Gasteiger partial charge in [0, 0.05) is 16.6 Å². The molecule has 0 bridgehead atoms. The molecule has 1 aliphatic heterocycles. The zero-order valence-corrected chi connectivity index (χ0v) is 14.0. The van der Waals surface area contributed by atoms with Crippen LogP contribution in [0.4, 0.5) is 0 Å². The minimum atomic E-state index is 0.154. The van der Waals surface area contributed by atoms with Gasteiger partial charge in [0.05, 0.1) is 5.71 Å². The van der Waals surface area contributed by atoms with Crippen LogP contribution in [0.15, 0.2) is 36.4 Å². The molecule has 21 heavy (non-hydrogen) atoms. The lowest BCUT2D eigenvalue weighted by molar-refractivity contribution is 0.150. The predicted octanol–water partition coefficient (Wildman–Crippen LogP) is 4.48. The zero-order valence-electron chi connectivity index (χ0n) is 14.0. The van der Waals surface area contributed by atoms with Crippen LogP contribution >= 0.6 is 0 Å². The van der Waals surface area contributed by atoms with Crippen LogP contribution in [0, 0.1) is 18.3 Å². The van der Waals surface area contributed by atoms with Crippen LogP contribution in [0.3, 0.4) is 0 Å². The molecule has 1 aliphatic rings. The van der Waals surface area contributed by atoms with Crippen LogP contribution < -0.4 is 5.32 Å². The summed E-state index contributed by atoms with van der Waals surface area (Å²) in [5, 5.41) is 12.0. The van der Waals surface area contributed by atoms with E-state index in [4.69, 9.17) is 5.41 Å². The van der Waals surface area contributed by atoms with Gasteiger partial charge in [-0.25, -0.2) is 0 Å². The molecule has 2 nitrogen and oxygen atoms in total. The van der Waals surface area contributed by atoms with Crippen molar-refractivity contribution in [3.05, 3.63) is 47.5 Å². The number of rotatable bonds is 3. The largest absolute Gasteiger partial charge is 0.307 e. The molecule has 0 saturated carbocycles. The van der Waals surface area contributed by atoms with E-state index in [9.17, 15) is 0 Å². The molecular formula is C19H28N2. The second kappa shape index (κ2) is 5.76. The normalized spacial score (nSPS) is 21.6. The van der Waals surface area contributed by atoms with Gasteiger partial charge in [0.2, 0.25) is 0 Å². The average molecular weight is 284 g/mol. The highest BCUT2D eigenvalue weighted by atomic mass is 15.0. The Morgan fingerprint density at radius 3 is 2.29 bits per heavy atom. The number of piperidine rings is 1. The first-order valence-electron chi connectivity index (χ1n) is 7.81. The number of hydrogen-bond acceptors (Lipinski definition) is 2. The van der Waals surface area contributed by atoms with Crippen molar-refractivity contribution < 1.29 is 0 Å². The molecule has 0 amide bonds. The molecule has 1 fully saturated rings. The molecule has 1 aromatic rings. The fraction of sp³-hybridized carbons (Fsp3) is 0.526. The standard InChI is InChI=1S/C19H28N2/c1-14-8-6-7-9-16(14)17(20)11-10-15-12-18(2,3)21-19(4,5)13-15/h6-11,15,20-21H,12-13H2,1-5H3/b11-10-,20-17?. The fourth-order valence-electron chi connectivity index (χ4n) is 3.73. The molecule has 0 atom stereocenters. The Morgan fingerprint density at radius 2 is 1.71 bits per heavy atom. The lowest BCUT2D eigenvalue weighted by Gasteiger charge is -2.45. The van der Waals surface area contributed by atoms with E-state index in [1.165, 1.54) is 0 Å². The first-order valence-corrected chi connectivity index (χ1v) is 7.81. The second-order valence-corrected chi connectivity index (χ2v) is 7.65. The molecular weight excluding hydrogens is 256 g/mol. The van der Waals surface area contributed by atoms with Crippen molar-refractivity contribution in [3.8, 4) is 0 Å². The molecule has 2 heteroatoms. The summed E-state index contributed by atoms with van der Waals surface area (Å²) < 4.78 is 0. The summed E-state index contributed by atoms with van der Waals surface area (Å²) in [6.07, 6.45) is 6.46. The van der Waals surface area contributed by atoms with Crippen LogP contribution in [-0.2, 0) is 0 Å². The quantitative estimate of drug-likeness (QED) is 0.789. The van der Waals surface area contributed by atoms with E-state index < -0.39 is 0 Å². The third-order valence-electron chi connectivity index (χ3n) is 4.19. The van der Waals surface area contributed by atoms with Crippen molar-refractivity contribution in [2.45, 2.75) is 58.5 Å². The molecule has 0 radical (unpaired) electrons. The Labute approximate surface area is 129 Å². The van der Waals surface area contributed by atoms with E-state index >= 15 is 0 Å². The summed E-state index contributed by atoms with van der Waals surface area (Å²) in [7, 11) is 0. The molecule has 1 saturated heterocycles. The first-order chi connectivity index (χ1) is 9.69. The number of allylic oxidation sites excluding steroid dienone is 2. The van der Waals surface area contributed by atoms with Crippen LogP contribution in [0.1, 0.15) is 51.7 Å². The summed E-state index contributed by atoms with van der Waals surface area (Å²) in [4.78, 5) is 0. The van der Waals surface area contributed by atoms with Crippen molar-refractivity contribution in [3.63, 3.8) is 0 Å². The lowest BCUT2D eigenvalue weighted by Crippen LogP contribution is -2.57. The summed E-state index contributed by atoms with van der Waals surface area (Å²) in [6, 6.07) is 8.11. The van der Waals surface area contributed by atoms with Crippen molar-refractivity contribution in [1.29, 1.82) is 5.41 Å². The highest BCUT2D eigenvalue weighted by Crippen LogP contribution is 2.33. The van der Waals surface area contributed by atoms with Gasteiger partial charge in [0.15, 0.2) is 0 Å². The topological polar surface area (TPSA) is 35.9 Å². The van der Waals surface area contributed by atoms with Crippen LogP contribution in [-0.4, -0.2) is 16.8 Å². The Hall–Kier alpha value is -1.41. The van der Waals surface area contributed by atoms with Crippen LogP contribution in [0.25, 0.3) is 0 Å². The van der Waals surface area contributed by atoms with Gasteiger partial charge in [-0.3, -0.25) is 0 Å². The van der Waals surface area contributed by atoms with Gasteiger partial charge in [-0.2, -0.15) is 0 Å². The lowest BCUT2D eigenvalue weighted by atomic mass is 9.76. The minimum Gasteiger partial charge on any atom is -0.307 e. The maximum Gasteiger partial charge on any atom is 0.0611 e. The molecule has 0 spiro atoms. The first kappa shape index (κ1) is 16.0. The summed E-state index contributed by atoms with van der Waals surface area (Å²) in [5.41, 5.74) is 3.12. The van der Waals surface area contributed by atoms with E-state index in [1.54, 1.807) is 0 Å². The summed E-state index contributed by atoms with van der Waals surface area (Å²) in [5.74, 6) is 0.528. The van der Waals surface area contributed by atoms with Crippen LogP contribution in [0.5, 0.6) is 0 Å². The summed E-state index contributed by atoms with van der Waals surface area (Å²) in [6.45, 7) is 11.1. The Balaban J connectivity index is 2.10. The predicted molar refractivity (Wildman–Crippen MR) is 91.2 cm³/mol. The third kappa shape index (κ3) is 4.28. The molecule has 0 aliphatic carbocycles. The molecule has 114 valence electrons. The van der Waals surface area contributed by atoms with Crippen molar-refractivity contribution in [2.75, 3.05) is 0 Å². The smallest absolute Gasteiger partial charge is 0.0611 e. The third-order valence-corrected chi connectivity index (χ3v) is 4.19. The van der Waals surface area contributed by atoms with Gasteiger partial charge < -0.3 is 10.7 Å². The van der Waals surface area contributed by atoms with Gasteiger partial charge >= 0.3 is 0 Å². The van der Waals surface area contributed by atoms with Gasteiger partial charge in [-0.05, 0) is 65.0 Å². The SMILES string of the molecule is Cc1ccccc1C(=N)/C=C\C1CC(C)(C)NC(C)(C)C1. The van der Waals surface area contributed by atoms with E-state index in [2.05, 4.69) is 52.1 Å². The second-order valence-electron chi connectivity index (χ2n) is 7.65. The summed E-state index contributed by atoms with van der Waals surface area (Å²) >= 11 is 0. The molecule has 2 N–H and O–H groups in total. The number of nitrogens with one attached hydrogen (secondary N) is 2. The average Bonchev–Trinajstić information content (AvgIpc) is 2.33. The van der Waals surface area contributed by atoms with Gasteiger partial charge in [0.25, 0.3) is 0 Å². The van der Waals surface area contributed by atoms with Gasteiger partial charge in [-0.1, -0.05) is 30.3 Å². The van der Waals surface area contributed by atoms with Crippen molar-refractivity contribution in [2.24, 2.45) is 5.92 Å². The zero-order chi connectivity index (χ0) is 15.7. The van der Waals surface area contributed by atoms with Crippen molar-refractivity contribution >= 4 is 5.71 Å². The monoisotopic (exact) mass is 284 g/mol. The van der Waals surface area contributed by atoms with E-state index in [0.717, 1.165) is 24.0 Å². The Morgan fingerprint density at radius 1 is 1.14 bits per heavy atom. The molecule has 0 aromatic heterocycles. The van der Waals surface area contributed by atoms with Crippen molar-refractivity contribution in [1.82, 2.24) is 5.32 Å². The molecule has 1 aromatic carbocycles. The fourth-order valence-corrected chi connectivity index (χ4v) is 3.73. The highest BCUT2D eigenvalue weighted by Gasteiger charge is 2.36. The molecule has 1 heterocycles. The molecule has 0 unspecified atom stereocenters. The van der Waals surface area contributed by atoms with Gasteiger partial charge in [-0.15, -0.1) is 0 Å². The maximum atomic E-state index is 8.28. The van der Waals surface area contributed by atoms with Gasteiger partial charge in [0.1, 0.15) is 0 Å². The Bertz CT molecular complexity index is 536. The highest BCUT2D eigenvalue weighted by molar-refractivity contribution is 6.07. The maximum absolute atomic E-state index is 8.28. The number of benzene rings is 1. The Kier molecular flexibility index (Phi) is 4.38. The minimum absolute atomic E-state index is 0.154. The van der Waals surface area contributed by atoms with Crippen LogP contribution in [0.2, 0.25) is 0 Å². The van der Waals surface area contributed by atoms with E-state index in [-0.39, 0.29) is 11.1 Å². The van der Waals surface area contributed by atoms with E-state index in [0.29, 0.717) is 11.6 Å². The number of hydrogen-bond donors (Lipinski definition) is 2. The van der Waals surface area contributed by atoms with E-state index in [1.807, 2.05) is 24.3 Å². The number of aryl methyl sites for hydroxylation is 1.